The SMILES string of the molecule is Cc1cc(N=C(N)N)cc(C(=O)NCC(=O)O)c1. The molecule has 1 amide bonds. The highest BCUT2D eigenvalue weighted by atomic mass is 16.4. The van der Waals surface area contributed by atoms with Crippen molar-refractivity contribution < 1.29 is 14.7 Å². The maximum absolute atomic E-state index is 11.7. The van der Waals surface area contributed by atoms with Crippen LogP contribution in [0.3, 0.4) is 0 Å². The van der Waals surface area contributed by atoms with Gasteiger partial charge in [-0.25, -0.2) is 4.99 Å². The zero-order chi connectivity index (χ0) is 13.7. The molecule has 0 heterocycles. The van der Waals surface area contributed by atoms with E-state index in [4.69, 9.17) is 16.6 Å². The number of guanidine groups is 1. The number of aryl methyl sites for hydroxylation is 1. The fourth-order valence-electron chi connectivity index (χ4n) is 1.37. The molecule has 96 valence electrons. The summed E-state index contributed by atoms with van der Waals surface area (Å²) in [6, 6.07) is 4.79. The van der Waals surface area contributed by atoms with Gasteiger partial charge in [0.1, 0.15) is 6.54 Å². The molecule has 0 radical (unpaired) electrons. The Kier molecular flexibility index (Phi) is 4.25. The Balaban J connectivity index is 2.95. The van der Waals surface area contributed by atoms with Gasteiger partial charge >= 0.3 is 5.97 Å². The maximum atomic E-state index is 11.7. The van der Waals surface area contributed by atoms with Crippen LogP contribution in [0.25, 0.3) is 0 Å². The van der Waals surface area contributed by atoms with Crippen LogP contribution < -0.4 is 16.8 Å². The first-order valence-electron chi connectivity index (χ1n) is 5.10. The molecule has 0 aromatic heterocycles. The molecule has 0 unspecified atom stereocenters. The molecule has 7 nitrogen and oxygen atoms in total. The van der Waals surface area contributed by atoms with E-state index < -0.39 is 18.4 Å². The van der Waals surface area contributed by atoms with Gasteiger partial charge in [0, 0.05) is 5.56 Å². The highest BCUT2D eigenvalue weighted by Crippen LogP contribution is 2.17. The summed E-state index contributed by atoms with van der Waals surface area (Å²) in [6.45, 7) is 1.34. The Hall–Kier alpha value is -2.57. The number of nitrogens with two attached hydrogens (primary N) is 2. The van der Waals surface area contributed by atoms with Gasteiger partial charge in [0.05, 0.1) is 5.69 Å². The minimum absolute atomic E-state index is 0.113. The Labute approximate surface area is 103 Å². The standard InChI is InChI=1S/C11H14N4O3/c1-6-2-7(10(18)14-5-9(16)17)4-8(3-6)15-11(12)13/h2-4H,5H2,1H3,(H,14,18)(H,16,17)(H4,12,13,15). The fraction of sp³-hybridized carbons (Fsp3) is 0.182. The smallest absolute Gasteiger partial charge is 0.322 e. The third-order valence-corrected chi connectivity index (χ3v) is 1.98. The molecule has 0 spiro atoms. The van der Waals surface area contributed by atoms with Crippen LogP contribution in [0.2, 0.25) is 0 Å². The Morgan fingerprint density at radius 1 is 1.33 bits per heavy atom. The fourth-order valence-corrected chi connectivity index (χ4v) is 1.37. The molecular formula is C11H14N4O3. The van der Waals surface area contributed by atoms with E-state index in [-0.39, 0.29) is 5.96 Å². The summed E-state index contributed by atoms with van der Waals surface area (Å²) in [6.07, 6.45) is 0. The number of hydrogen-bond donors (Lipinski definition) is 4. The van der Waals surface area contributed by atoms with Crippen LogP contribution in [0.4, 0.5) is 5.69 Å². The highest BCUT2D eigenvalue weighted by Gasteiger charge is 2.08. The number of amides is 1. The summed E-state index contributed by atoms with van der Waals surface area (Å²) in [5, 5.41) is 10.7. The van der Waals surface area contributed by atoms with Gasteiger partial charge in [-0.1, -0.05) is 0 Å². The summed E-state index contributed by atoms with van der Waals surface area (Å²) in [5.41, 5.74) is 12.0. The van der Waals surface area contributed by atoms with E-state index in [0.717, 1.165) is 5.56 Å². The third-order valence-electron chi connectivity index (χ3n) is 1.98. The minimum Gasteiger partial charge on any atom is -0.480 e. The predicted octanol–water partition coefficient (Wildman–Crippen LogP) is -0.286. The Bertz CT molecular complexity index is 507. The van der Waals surface area contributed by atoms with E-state index in [2.05, 4.69) is 10.3 Å². The molecule has 6 N–H and O–H groups in total. The average molecular weight is 250 g/mol. The van der Waals surface area contributed by atoms with Crippen LogP contribution in [0, 0.1) is 6.92 Å². The number of hydrogen-bond acceptors (Lipinski definition) is 3. The molecule has 18 heavy (non-hydrogen) atoms. The van der Waals surface area contributed by atoms with Gasteiger partial charge in [-0.15, -0.1) is 0 Å². The second kappa shape index (κ2) is 5.67. The second-order valence-corrected chi connectivity index (χ2v) is 3.67. The van der Waals surface area contributed by atoms with E-state index in [1.807, 2.05) is 0 Å². The first-order valence-corrected chi connectivity index (χ1v) is 5.10. The van der Waals surface area contributed by atoms with Crippen molar-refractivity contribution in [2.24, 2.45) is 16.5 Å². The number of aliphatic carboxylic acids is 1. The van der Waals surface area contributed by atoms with Gasteiger partial charge < -0.3 is 21.9 Å². The van der Waals surface area contributed by atoms with E-state index in [0.29, 0.717) is 11.3 Å². The number of rotatable bonds is 4. The normalized spacial score (nSPS) is 9.61. The lowest BCUT2D eigenvalue weighted by Gasteiger charge is -2.05. The predicted molar refractivity (Wildman–Crippen MR) is 66.6 cm³/mol. The van der Waals surface area contributed by atoms with Crippen LogP contribution in [0.5, 0.6) is 0 Å². The zero-order valence-electron chi connectivity index (χ0n) is 9.80. The minimum atomic E-state index is -1.11. The second-order valence-electron chi connectivity index (χ2n) is 3.67. The van der Waals surface area contributed by atoms with Crippen molar-refractivity contribution in [2.75, 3.05) is 6.54 Å². The van der Waals surface area contributed by atoms with Gasteiger partial charge in [0.15, 0.2) is 5.96 Å². The van der Waals surface area contributed by atoms with Crippen molar-refractivity contribution in [3.63, 3.8) is 0 Å². The number of aliphatic imine (C=N–C) groups is 1. The van der Waals surface area contributed by atoms with Crippen molar-refractivity contribution in [1.82, 2.24) is 5.32 Å². The molecule has 0 bridgehead atoms. The molecule has 0 saturated carbocycles. The number of carbonyl (C=O) groups excluding carboxylic acids is 1. The van der Waals surface area contributed by atoms with Gasteiger partial charge in [0.25, 0.3) is 5.91 Å². The quantitative estimate of drug-likeness (QED) is 0.431. The van der Waals surface area contributed by atoms with E-state index in [9.17, 15) is 9.59 Å². The molecule has 0 saturated heterocycles. The molecular weight excluding hydrogens is 236 g/mol. The largest absolute Gasteiger partial charge is 0.480 e. The number of carboxylic acid groups (broad SMARTS) is 1. The topological polar surface area (TPSA) is 131 Å². The lowest BCUT2D eigenvalue weighted by atomic mass is 10.1. The molecule has 1 aromatic rings. The van der Waals surface area contributed by atoms with Crippen LogP contribution in [-0.4, -0.2) is 29.5 Å². The molecule has 0 aliphatic rings. The Morgan fingerprint density at radius 2 is 2.00 bits per heavy atom. The summed E-state index contributed by atoms with van der Waals surface area (Å²) >= 11 is 0. The molecule has 1 aromatic carbocycles. The molecule has 0 aliphatic heterocycles. The summed E-state index contributed by atoms with van der Waals surface area (Å²) < 4.78 is 0. The Morgan fingerprint density at radius 3 is 2.56 bits per heavy atom. The maximum Gasteiger partial charge on any atom is 0.322 e. The van der Waals surface area contributed by atoms with Gasteiger partial charge in [0.2, 0.25) is 0 Å². The van der Waals surface area contributed by atoms with E-state index in [1.165, 1.54) is 6.07 Å². The van der Waals surface area contributed by atoms with E-state index >= 15 is 0 Å². The number of nitrogens with zero attached hydrogens (tertiary/aromatic N) is 1. The van der Waals surface area contributed by atoms with Crippen molar-refractivity contribution >= 4 is 23.5 Å². The zero-order valence-corrected chi connectivity index (χ0v) is 9.80. The van der Waals surface area contributed by atoms with Crippen molar-refractivity contribution in [3.8, 4) is 0 Å². The summed E-state index contributed by atoms with van der Waals surface area (Å²) in [4.78, 5) is 25.8. The third kappa shape index (κ3) is 4.12. The van der Waals surface area contributed by atoms with Crippen molar-refractivity contribution in [3.05, 3.63) is 29.3 Å². The molecule has 0 aliphatic carbocycles. The van der Waals surface area contributed by atoms with E-state index in [1.54, 1.807) is 19.1 Å². The van der Waals surface area contributed by atoms with Crippen molar-refractivity contribution in [1.29, 1.82) is 0 Å². The molecule has 7 heteroatoms. The van der Waals surface area contributed by atoms with Crippen LogP contribution in [-0.2, 0) is 4.79 Å². The van der Waals surface area contributed by atoms with Gasteiger partial charge in [-0.2, -0.15) is 0 Å². The van der Waals surface area contributed by atoms with Crippen LogP contribution in [0.1, 0.15) is 15.9 Å². The molecule has 0 atom stereocenters. The first kappa shape index (κ1) is 13.5. The molecule has 1 rings (SSSR count). The monoisotopic (exact) mass is 250 g/mol. The van der Waals surface area contributed by atoms with Crippen LogP contribution >= 0.6 is 0 Å². The number of carboxylic acids is 1. The summed E-state index contributed by atoms with van der Waals surface area (Å²) in [5.74, 6) is -1.72. The first-order chi connectivity index (χ1) is 8.38. The number of benzene rings is 1. The van der Waals surface area contributed by atoms with Gasteiger partial charge in [-0.3, -0.25) is 9.59 Å². The number of carbonyl (C=O) groups is 2. The highest BCUT2D eigenvalue weighted by molar-refractivity contribution is 5.97. The lowest BCUT2D eigenvalue weighted by molar-refractivity contribution is -0.135. The lowest BCUT2D eigenvalue weighted by Crippen LogP contribution is -2.29. The summed E-state index contributed by atoms with van der Waals surface area (Å²) in [7, 11) is 0. The number of nitrogens with one attached hydrogen (secondary N) is 1. The average Bonchev–Trinajstić information content (AvgIpc) is 2.23. The van der Waals surface area contributed by atoms with Crippen molar-refractivity contribution in [2.45, 2.75) is 6.92 Å². The van der Waals surface area contributed by atoms with Gasteiger partial charge in [-0.05, 0) is 30.7 Å². The van der Waals surface area contributed by atoms with Crippen LogP contribution in [0.15, 0.2) is 23.2 Å². The molecule has 0 fully saturated rings.